The van der Waals surface area contributed by atoms with Gasteiger partial charge in [-0.25, -0.2) is 9.59 Å². The standard InChI is InChI=1S/C52H52O13S/c1-5-24-57-40-28-37(29-41(58-25-6-2)47(40)61-32-35-18-12-9-13-19-35)50(55)63-34-44-45(53)46(54)49(52(64-44)66-39-22-16-11-17-23-39)65-51(56)38-30-42(59-26-7-3)48(43(31-38)60-27-8-4)62-33-36-20-14-10-15-21-36/h5-23,28-31,44-46,49,52-54H,1-4,24-27,32-34H2/t44-,45-,46+,49-,52+/m1/s1. The van der Waals surface area contributed by atoms with E-state index in [4.69, 9.17) is 42.6 Å². The molecule has 14 heteroatoms. The molecule has 5 aromatic carbocycles. The van der Waals surface area contributed by atoms with Crippen LogP contribution in [-0.2, 0) is 27.4 Å². The summed E-state index contributed by atoms with van der Waals surface area (Å²) in [6.45, 7) is 15.1. The van der Waals surface area contributed by atoms with Crippen molar-refractivity contribution in [2.24, 2.45) is 0 Å². The second-order valence-corrected chi connectivity index (χ2v) is 15.6. The molecule has 0 bridgehead atoms. The summed E-state index contributed by atoms with van der Waals surface area (Å²) < 4.78 is 54.0. The van der Waals surface area contributed by atoms with Crippen molar-refractivity contribution >= 4 is 23.7 Å². The van der Waals surface area contributed by atoms with Gasteiger partial charge in [-0.05, 0) is 47.5 Å². The molecule has 0 radical (unpaired) electrons. The molecule has 1 saturated heterocycles. The van der Waals surface area contributed by atoms with Crippen molar-refractivity contribution in [3.8, 4) is 34.5 Å². The number of hydrogen-bond donors (Lipinski definition) is 2. The SMILES string of the molecule is C=CCOc1cc(C(=O)OC[C@H]2O[C@@H](Sc3ccccc3)[C@H](OC(=O)c3cc(OCC=C)c(OCc4ccccc4)c(OCC=C)c3)[C@@H](O)[C@@H]2O)cc(OCC=C)c1OCc1ccccc1. The van der Waals surface area contributed by atoms with Crippen molar-refractivity contribution in [1.29, 1.82) is 0 Å². The summed E-state index contributed by atoms with van der Waals surface area (Å²) in [6, 6.07) is 33.8. The highest BCUT2D eigenvalue weighted by Crippen LogP contribution is 2.42. The quantitative estimate of drug-likeness (QED) is 0.0423. The Balaban J connectivity index is 1.23. The molecule has 1 heterocycles. The van der Waals surface area contributed by atoms with Gasteiger partial charge < -0.3 is 52.8 Å². The largest absolute Gasteiger partial charge is 0.485 e. The van der Waals surface area contributed by atoms with E-state index in [1.54, 1.807) is 12.2 Å². The van der Waals surface area contributed by atoms with Crippen LogP contribution in [0.1, 0.15) is 31.8 Å². The number of benzene rings is 5. The van der Waals surface area contributed by atoms with Crippen LogP contribution in [0, 0.1) is 0 Å². The Kier molecular flexibility index (Phi) is 18.3. The van der Waals surface area contributed by atoms with Crippen LogP contribution in [0.3, 0.4) is 0 Å². The van der Waals surface area contributed by atoms with Gasteiger partial charge in [0.2, 0.25) is 11.5 Å². The molecule has 6 rings (SSSR count). The normalized spacial score (nSPS) is 17.6. The molecule has 66 heavy (non-hydrogen) atoms. The van der Waals surface area contributed by atoms with E-state index in [-0.39, 0.29) is 85.3 Å². The van der Waals surface area contributed by atoms with Gasteiger partial charge in [0.05, 0.1) is 11.1 Å². The van der Waals surface area contributed by atoms with E-state index in [2.05, 4.69) is 26.3 Å². The van der Waals surface area contributed by atoms with Gasteiger partial charge in [0, 0.05) is 4.90 Å². The molecule has 0 saturated carbocycles. The Hall–Kier alpha value is -6.97. The molecule has 0 spiro atoms. The minimum absolute atomic E-state index is 0.00856. The van der Waals surface area contributed by atoms with E-state index < -0.39 is 48.4 Å². The maximum Gasteiger partial charge on any atom is 0.338 e. The summed E-state index contributed by atoms with van der Waals surface area (Å²) in [5.41, 5.74) is 0.709. The van der Waals surface area contributed by atoms with E-state index in [1.807, 2.05) is 91.0 Å². The summed E-state index contributed by atoms with van der Waals surface area (Å²) in [5, 5.41) is 23.2. The van der Waals surface area contributed by atoms with Crippen LogP contribution in [0.15, 0.2) is 171 Å². The fourth-order valence-electron chi connectivity index (χ4n) is 6.49. The number of esters is 2. The van der Waals surface area contributed by atoms with Crippen molar-refractivity contribution < 1.29 is 62.4 Å². The minimum atomic E-state index is -1.70. The lowest BCUT2D eigenvalue weighted by atomic mass is 10.00. The molecule has 5 aromatic rings. The Labute approximate surface area is 388 Å². The number of rotatable bonds is 25. The van der Waals surface area contributed by atoms with Gasteiger partial charge in [-0.15, -0.1) is 0 Å². The van der Waals surface area contributed by atoms with Crippen LogP contribution < -0.4 is 28.4 Å². The Morgan fingerprint density at radius 3 is 1.39 bits per heavy atom. The van der Waals surface area contributed by atoms with E-state index in [0.717, 1.165) is 22.9 Å². The Morgan fingerprint density at radius 1 is 0.561 bits per heavy atom. The zero-order chi connectivity index (χ0) is 46.7. The number of carbonyl (C=O) groups is 2. The highest BCUT2D eigenvalue weighted by atomic mass is 32.2. The second-order valence-electron chi connectivity index (χ2n) is 14.5. The topological polar surface area (TPSA) is 158 Å². The van der Waals surface area contributed by atoms with Crippen molar-refractivity contribution in [2.75, 3.05) is 33.0 Å². The molecule has 0 amide bonds. The van der Waals surface area contributed by atoms with Gasteiger partial charge in [0.25, 0.3) is 0 Å². The van der Waals surface area contributed by atoms with Crippen LogP contribution in [0.25, 0.3) is 0 Å². The Bertz CT molecular complexity index is 2320. The van der Waals surface area contributed by atoms with E-state index in [1.165, 1.54) is 36.4 Å². The lowest BCUT2D eigenvalue weighted by Crippen LogP contribution is -2.59. The van der Waals surface area contributed by atoms with Crippen LogP contribution >= 0.6 is 11.8 Å². The van der Waals surface area contributed by atoms with E-state index >= 15 is 0 Å². The number of carbonyl (C=O) groups excluding carboxylic acids is 2. The average Bonchev–Trinajstić information content (AvgIpc) is 3.35. The molecule has 1 aliphatic heterocycles. The van der Waals surface area contributed by atoms with Crippen molar-refractivity contribution in [3.05, 3.63) is 188 Å². The zero-order valence-electron chi connectivity index (χ0n) is 36.2. The number of ether oxygens (including phenoxy) is 9. The first-order chi connectivity index (χ1) is 32.2. The molecule has 13 nitrogen and oxygen atoms in total. The lowest BCUT2D eigenvalue weighted by molar-refractivity contribution is -0.206. The third-order valence-corrected chi connectivity index (χ3v) is 10.8. The maximum absolute atomic E-state index is 14.1. The number of aliphatic hydroxyl groups excluding tert-OH is 2. The molecule has 344 valence electrons. The number of hydrogen-bond acceptors (Lipinski definition) is 14. The van der Waals surface area contributed by atoms with E-state index in [9.17, 15) is 19.8 Å². The Morgan fingerprint density at radius 2 is 0.970 bits per heavy atom. The predicted molar refractivity (Wildman–Crippen MR) is 250 cm³/mol. The molecule has 1 aliphatic rings. The predicted octanol–water partition coefficient (Wildman–Crippen LogP) is 8.73. The minimum Gasteiger partial charge on any atom is -0.485 e. The average molecular weight is 917 g/mol. The summed E-state index contributed by atoms with van der Waals surface area (Å²) in [5.74, 6) is -0.485. The van der Waals surface area contributed by atoms with Gasteiger partial charge in [-0.3, -0.25) is 0 Å². The molecule has 0 aliphatic carbocycles. The fourth-order valence-corrected chi connectivity index (χ4v) is 7.62. The summed E-state index contributed by atoms with van der Waals surface area (Å²) in [7, 11) is 0. The molecule has 2 N–H and O–H groups in total. The summed E-state index contributed by atoms with van der Waals surface area (Å²) >= 11 is 1.14. The summed E-state index contributed by atoms with van der Waals surface area (Å²) in [4.78, 5) is 28.6. The third kappa shape index (κ3) is 13.3. The van der Waals surface area contributed by atoms with Crippen LogP contribution in [0.4, 0.5) is 0 Å². The second kappa shape index (κ2) is 24.9. The van der Waals surface area contributed by atoms with Crippen molar-refractivity contribution in [1.82, 2.24) is 0 Å². The molecule has 0 unspecified atom stereocenters. The maximum atomic E-state index is 14.1. The molecule has 5 atom stereocenters. The lowest BCUT2D eigenvalue weighted by Gasteiger charge is -2.41. The summed E-state index contributed by atoms with van der Waals surface area (Å²) in [6.07, 6.45) is 0.0985. The van der Waals surface area contributed by atoms with Crippen molar-refractivity contribution in [2.45, 2.75) is 48.0 Å². The van der Waals surface area contributed by atoms with E-state index in [0.29, 0.717) is 4.90 Å². The van der Waals surface area contributed by atoms with Crippen LogP contribution in [-0.4, -0.2) is 85.0 Å². The zero-order valence-corrected chi connectivity index (χ0v) is 37.1. The highest BCUT2D eigenvalue weighted by Gasteiger charge is 2.48. The first-order valence-electron chi connectivity index (χ1n) is 21.0. The third-order valence-electron chi connectivity index (χ3n) is 9.65. The highest BCUT2D eigenvalue weighted by molar-refractivity contribution is 7.99. The van der Waals surface area contributed by atoms with Crippen molar-refractivity contribution in [3.63, 3.8) is 0 Å². The fraction of sp³-hybridized carbons (Fsp3) is 0.231. The first kappa shape index (κ1) is 48.5. The van der Waals surface area contributed by atoms with Gasteiger partial charge in [-0.2, -0.15) is 0 Å². The molecule has 1 fully saturated rings. The molecule has 0 aromatic heterocycles. The molecular formula is C52H52O13S. The monoisotopic (exact) mass is 916 g/mol. The van der Waals surface area contributed by atoms with Gasteiger partial charge in [0.15, 0.2) is 29.1 Å². The van der Waals surface area contributed by atoms with Crippen LogP contribution in [0.5, 0.6) is 34.5 Å². The van der Waals surface area contributed by atoms with Gasteiger partial charge in [-0.1, -0.05) is 141 Å². The van der Waals surface area contributed by atoms with Gasteiger partial charge >= 0.3 is 11.9 Å². The van der Waals surface area contributed by atoms with Gasteiger partial charge in [0.1, 0.15) is 70.0 Å². The first-order valence-corrected chi connectivity index (χ1v) is 21.9. The van der Waals surface area contributed by atoms with Crippen LogP contribution in [0.2, 0.25) is 0 Å². The number of aliphatic hydroxyl groups is 2. The smallest absolute Gasteiger partial charge is 0.338 e. The molecular weight excluding hydrogens is 865 g/mol. The number of thioether (sulfide) groups is 1.